The van der Waals surface area contributed by atoms with Crippen LogP contribution in [0.5, 0.6) is 0 Å². The first-order chi connectivity index (χ1) is 10.0. The van der Waals surface area contributed by atoms with Crippen molar-refractivity contribution < 1.29 is 9.59 Å². The first kappa shape index (κ1) is 15.9. The SMILES string of the molecule is CNC(=O)NCC(=O)NC[C@@H]1C[C@@H]1c1ccc(Cl)cc1Cl. The van der Waals surface area contributed by atoms with Gasteiger partial charge in [-0.3, -0.25) is 4.79 Å². The summed E-state index contributed by atoms with van der Waals surface area (Å²) in [6, 6.07) is 5.12. The monoisotopic (exact) mass is 329 g/mol. The van der Waals surface area contributed by atoms with Crippen molar-refractivity contribution in [1.29, 1.82) is 0 Å². The Morgan fingerprint density at radius 1 is 1.29 bits per heavy atom. The van der Waals surface area contributed by atoms with Crippen molar-refractivity contribution in [2.75, 3.05) is 20.1 Å². The Morgan fingerprint density at radius 2 is 2.05 bits per heavy atom. The van der Waals surface area contributed by atoms with Crippen LogP contribution in [0.4, 0.5) is 4.79 Å². The molecule has 0 radical (unpaired) electrons. The molecule has 2 atom stereocenters. The maximum atomic E-state index is 11.6. The van der Waals surface area contributed by atoms with Gasteiger partial charge in [-0.2, -0.15) is 0 Å². The number of nitrogens with one attached hydrogen (secondary N) is 3. The highest BCUT2D eigenvalue weighted by Gasteiger charge is 2.39. The molecule has 0 spiro atoms. The van der Waals surface area contributed by atoms with E-state index >= 15 is 0 Å². The topological polar surface area (TPSA) is 70.2 Å². The summed E-state index contributed by atoms with van der Waals surface area (Å²) in [5.74, 6) is 0.543. The van der Waals surface area contributed by atoms with Gasteiger partial charge in [0.05, 0.1) is 6.54 Å². The molecule has 21 heavy (non-hydrogen) atoms. The highest BCUT2D eigenvalue weighted by molar-refractivity contribution is 6.35. The molecule has 1 aromatic rings. The number of carbonyl (C=O) groups is 2. The van der Waals surface area contributed by atoms with Crippen LogP contribution >= 0.6 is 23.2 Å². The second-order valence-electron chi connectivity index (χ2n) is 5.00. The minimum atomic E-state index is -0.373. The lowest BCUT2D eigenvalue weighted by Gasteiger charge is -2.07. The molecule has 1 fully saturated rings. The van der Waals surface area contributed by atoms with Crippen LogP contribution in [0.1, 0.15) is 17.9 Å². The van der Waals surface area contributed by atoms with Gasteiger partial charge in [0.15, 0.2) is 0 Å². The first-order valence-corrected chi connectivity index (χ1v) is 7.44. The highest BCUT2D eigenvalue weighted by Crippen LogP contribution is 2.49. The Bertz CT molecular complexity index is 551. The summed E-state index contributed by atoms with van der Waals surface area (Å²) in [7, 11) is 1.50. The van der Waals surface area contributed by atoms with Gasteiger partial charge in [-0.05, 0) is 36.0 Å². The molecule has 0 aliphatic heterocycles. The van der Waals surface area contributed by atoms with Crippen molar-refractivity contribution in [3.63, 3.8) is 0 Å². The third kappa shape index (κ3) is 4.51. The number of hydrogen-bond acceptors (Lipinski definition) is 2. The molecule has 3 N–H and O–H groups in total. The number of halogens is 2. The molecule has 0 heterocycles. The maximum Gasteiger partial charge on any atom is 0.314 e. The van der Waals surface area contributed by atoms with Crippen LogP contribution in [0, 0.1) is 5.92 Å². The van der Waals surface area contributed by atoms with Crippen molar-refractivity contribution >= 4 is 35.1 Å². The fourth-order valence-corrected chi connectivity index (χ4v) is 2.76. The van der Waals surface area contributed by atoms with Crippen LogP contribution < -0.4 is 16.0 Å². The number of benzene rings is 1. The molecular weight excluding hydrogens is 313 g/mol. The van der Waals surface area contributed by atoms with E-state index in [-0.39, 0.29) is 18.5 Å². The van der Waals surface area contributed by atoms with Crippen molar-refractivity contribution in [2.45, 2.75) is 12.3 Å². The van der Waals surface area contributed by atoms with Gasteiger partial charge in [-0.15, -0.1) is 0 Å². The number of urea groups is 1. The molecule has 2 rings (SSSR count). The lowest BCUT2D eigenvalue weighted by Crippen LogP contribution is -2.41. The second-order valence-corrected chi connectivity index (χ2v) is 5.85. The van der Waals surface area contributed by atoms with E-state index < -0.39 is 0 Å². The van der Waals surface area contributed by atoms with Crippen LogP contribution in [-0.4, -0.2) is 32.1 Å². The van der Waals surface area contributed by atoms with Crippen molar-refractivity contribution in [3.05, 3.63) is 33.8 Å². The Labute approximate surface area is 133 Å². The molecule has 0 aromatic heterocycles. The minimum Gasteiger partial charge on any atom is -0.354 e. The predicted octanol–water partition coefficient (Wildman–Crippen LogP) is 2.14. The standard InChI is InChI=1S/C14H17Cl2N3O2/c1-17-14(21)19-7-13(20)18-6-8-4-11(8)10-3-2-9(15)5-12(10)16/h2-3,5,8,11H,4,6-7H2,1H3,(H,18,20)(H2,17,19,21)/t8-,11-/m0/s1. The molecular formula is C14H17Cl2N3O2. The largest absolute Gasteiger partial charge is 0.354 e. The number of carbonyl (C=O) groups excluding carboxylic acids is 2. The van der Waals surface area contributed by atoms with Crippen LogP contribution in [0.25, 0.3) is 0 Å². The van der Waals surface area contributed by atoms with Gasteiger partial charge in [0.1, 0.15) is 0 Å². The van der Waals surface area contributed by atoms with E-state index in [4.69, 9.17) is 23.2 Å². The van der Waals surface area contributed by atoms with Gasteiger partial charge in [0, 0.05) is 23.6 Å². The van der Waals surface area contributed by atoms with Crippen molar-refractivity contribution in [1.82, 2.24) is 16.0 Å². The number of amides is 3. The fourth-order valence-electron chi connectivity index (χ4n) is 2.21. The average molecular weight is 330 g/mol. The maximum absolute atomic E-state index is 11.6. The Hall–Kier alpha value is -1.46. The van der Waals surface area contributed by atoms with Crippen LogP contribution in [-0.2, 0) is 4.79 Å². The summed E-state index contributed by atoms with van der Waals surface area (Å²) in [6.07, 6.45) is 0.991. The molecule has 1 aliphatic rings. The highest BCUT2D eigenvalue weighted by atomic mass is 35.5. The number of hydrogen-bond donors (Lipinski definition) is 3. The average Bonchev–Trinajstić information content (AvgIpc) is 3.21. The lowest BCUT2D eigenvalue weighted by atomic mass is 10.1. The van der Waals surface area contributed by atoms with Crippen molar-refractivity contribution in [2.24, 2.45) is 5.92 Å². The summed E-state index contributed by atoms with van der Waals surface area (Å²) >= 11 is 12.0. The third-order valence-electron chi connectivity index (χ3n) is 3.48. The van der Waals surface area contributed by atoms with Gasteiger partial charge >= 0.3 is 6.03 Å². The van der Waals surface area contributed by atoms with Gasteiger partial charge in [-0.25, -0.2) is 4.79 Å². The quantitative estimate of drug-likeness (QED) is 0.774. The fraction of sp³-hybridized carbons (Fsp3) is 0.429. The Morgan fingerprint density at radius 3 is 2.71 bits per heavy atom. The molecule has 3 amide bonds. The predicted molar refractivity (Wildman–Crippen MR) is 82.8 cm³/mol. The minimum absolute atomic E-state index is 0.0290. The Kier molecular flexibility index (Phi) is 5.31. The normalized spacial score (nSPS) is 19.8. The first-order valence-electron chi connectivity index (χ1n) is 6.68. The zero-order chi connectivity index (χ0) is 15.4. The van der Waals surface area contributed by atoms with Crippen LogP contribution in [0.2, 0.25) is 10.0 Å². The van der Waals surface area contributed by atoms with E-state index in [1.807, 2.05) is 12.1 Å². The zero-order valence-electron chi connectivity index (χ0n) is 11.6. The second kappa shape index (κ2) is 7.00. The lowest BCUT2D eigenvalue weighted by molar-refractivity contribution is -0.120. The third-order valence-corrected chi connectivity index (χ3v) is 4.04. The van der Waals surface area contributed by atoms with Gasteiger partial charge in [0.25, 0.3) is 0 Å². The molecule has 1 aliphatic carbocycles. The van der Waals surface area contributed by atoms with E-state index in [0.29, 0.717) is 28.4 Å². The smallest absolute Gasteiger partial charge is 0.314 e. The van der Waals surface area contributed by atoms with E-state index in [1.54, 1.807) is 6.07 Å². The van der Waals surface area contributed by atoms with Crippen LogP contribution in [0.3, 0.4) is 0 Å². The number of rotatable bonds is 5. The molecule has 0 bridgehead atoms. The van der Waals surface area contributed by atoms with Crippen molar-refractivity contribution in [3.8, 4) is 0 Å². The summed E-state index contributed by atoms with van der Waals surface area (Å²) in [6.45, 7) is 0.552. The van der Waals surface area contributed by atoms with Gasteiger partial charge in [-0.1, -0.05) is 29.3 Å². The molecule has 7 heteroatoms. The van der Waals surface area contributed by atoms with E-state index in [1.165, 1.54) is 7.05 Å². The molecule has 1 saturated carbocycles. The Balaban J connectivity index is 1.74. The molecule has 0 unspecified atom stereocenters. The zero-order valence-corrected chi connectivity index (χ0v) is 13.1. The molecule has 0 saturated heterocycles. The molecule has 1 aromatic carbocycles. The summed E-state index contributed by atoms with van der Waals surface area (Å²) in [4.78, 5) is 22.5. The summed E-state index contributed by atoms with van der Waals surface area (Å²) < 4.78 is 0. The van der Waals surface area contributed by atoms with Crippen LogP contribution in [0.15, 0.2) is 18.2 Å². The summed E-state index contributed by atoms with van der Waals surface area (Å²) in [5, 5.41) is 8.91. The summed E-state index contributed by atoms with van der Waals surface area (Å²) in [5.41, 5.74) is 1.07. The van der Waals surface area contributed by atoms with E-state index in [0.717, 1.165) is 12.0 Å². The molecule has 114 valence electrons. The van der Waals surface area contributed by atoms with E-state index in [2.05, 4.69) is 16.0 Å². The van der Waals surface area contributed by atoms with E-state index in [9.17, 15) is 9.59 Å². The molecule has 5 nitrogen and oxygen atoms in total. The van der Waals surface area contributed by atoms with Gasteiger partial charge in [0.2, 0.25) is 5.91 Å². The van der Waals surface area contributed by atoms with Gasteiger partial charge < -0.3 is 16.0 Å².